The first-order chi connectivity index (χ1) is 12.5. The molecular formula is C19H20F2N4O. The first-order valence-corrected chi connectivity index (χ1v) is 8.86. The number of nitrogens with one attached hydrogen (secondary N) is 2. The second-order valence-corrected chi connectivity index (χ2v) is 7.10. The number of anilines is 1. The number of benzene rings is 1. The molecule has 2 aromatic rings. The highest BCUT2D eigenvalue weighted by Gasteiger charge is 2.44. The molecule has 0 spiro atoms. The molecule has 0 atom stereocenters. The van der Waals surface area contributed by atoms with Gasteiger partial charge in [-0.25, -0.2) is 23.5 Å². The highest BCUT2D eigenvalue weighted by Crippen LogP contribution is 2.44. The molecule has 2 aliphatic rings. The lowest BCUT2D eigenvalue weighted by Crippen LogP contribution is -2.53. The Labute approximate surface area is 150 Å². The van der Waals surface area contributed by atoms with Gasteiger partial charge in [0.25, 0.3) is 0 Å². The van der Waals surface area contributed by atoms with E-state index in [0.29, 0.717) is 30.3 Å². The van der Waals surface area contributed by atoms with Gasteiger partial charge in [0.05, 0.1) is 23.1 Å². The third-order valence-corrected chi connectivity index (χ3v) is 5.15. The van der Waals surface area contributed by atoms with Crippen LogP contribution in [0.2, 0.25) is 0 Å². The quantitative estimate of drug-likeness (QED) is 0.863. The average Bonchev–Trinajstić information content (AvgIpc) is 3.38. The third-order valence-electron chi connectivity index (χ3n) is 5.15. The Morgan fingerprint density at radius 1 is 1.23 bits per heavy atom. The second-order valence-electron chi connectivity index (χ2n) is 7.10. The van der Waals surface area contributed by atoms with Gasteiger partial charge >= 0.3 is 6.03 Å². The fourth-order valence-electron chi connectivity index (χ4n) is 3.55. The van der Waals surface area contributed by atoms with Crippen molar-refractivity contribution >= 4 is 11.7 Å². The van der Waals surface area contributed by atoms with Gasteiger partial charge in [-0.2, -0.15) is 0 Å². The highest BCUT2D eigenvalue weighted by molar-refractivity contribution is 5.90. The third kappa shape index (κ3) is 3.02. The first kappa shape index (κ1) is 16.9. The molecule has 0 aliphatic heterocycles. The van der Waals surface area contributed by atoms with Gasteiger partial charge in [0.1, 0.15) is 17.5 Å². The van der Waals surface area contributed by atoms with Gasteiger partial charge in [-0.15, -0.1) is 0 Å². The van der Waals surface area contributed by atoms with E-state index < -0.39 is 23.2 Å². The smallest absolute Gasteiger partial charge is 0.320 e. The van der Waals surface area contributed by atoms with E-state index in [1.807, 2.05) is 0 Å². The molecule has 2 amide bonds. The van der Waals surface area contributed by atoms with E-state index in [1.165, 1.54) is 18.2 Å². The summed E-state index contributed by atoms with van der Waals surface area (Å²) in [6.07, 6.45) is 5.46. The number of urea groups is 1. The van der Waals surface area contributed by atoms with E-state index in [9.17, 15) is 13.6 Å². The molecule has 7 heteroatoms. The summed E-state index contributed by atoms with van der Waals surface area (Å²) in [5.41, 5.74) is 0.306. The Hall–Kier alpha value is -2.57. The number of hydrogen-bond acceptors (Lipinski definition) is 3. The van der Waals surface area contributed by atoms with Crippen molar-refractivity contribution in [2.75, 3.05) is 5.32 Å². The monoisotopic (exact) mass is 358 g/mol. The van der Waals surface area contributed by atoms with Gasteiger partial charge in [0, 0.05) is 11.5 Å². The number of hydrogen-bond donors (Lipinski definition) is 2. The van der Waals surface area contributed by atoms with Crippen LogP contribution in [0.4, 0.5) is 19.3 Å². The molecule has 4 rings (SSSR count). The number of carbonyl (C=O) groups is 1. The standard InChI is InChI=1S/C19H20F2N4O/c1-11-22-10-15(17(23-11)12-6-7-12)24-18(26)25-19(8-3-9-19)16-13(20)4-2-5-14(16)21/h2,4-5,10,12H,3,6-9H2,1H3,(H2,24,25,26). The molecule has 0 unspecified atom stereocenters. The van der Waals surface area contributed by atoms with E-state index in [2.05, 4.69) is 20.6 Å². The van der Waals surface area contributed by atoms with Crippen LogP contribution in [0.5, 0.6) is 0 Å². The molecule has 2 fully saturated rings. The second kappa shape index (κ2) is 6.30. The van der Waals surface area contributed by atoms with Gasteiger partial charge in [0.2, 0.25) is 0 Å². The molecule has 1 aromatic carbocycles. The Balaban J connectivity index is 1.56. The van der Waals surface area contributed by atoms with Crippen LogP contribution in [-0.4, -0.2) is 16.0 Å². The topological polar surface area (TPSA) is 66.9 Å². The van der Waals surface area contributed by atoms with Crippen molar-refractivity contribution < 1.29 is 13.6 Å². The number of aromatic nitrogens is 2. The summed E-state index contributed by atoms with van der Waals surface area (Å²) in [6.45, 7) is 1.81. The Morgan fingerprint density at radius 2 is 1.92 bits per heavy atom. The molecule has 136 valence electrons. The first-order valence-electron chi connectivity index (χ1n) is 8.86. The minimum absolute atomic E-state index is 0.0658. The zero-order valence-electron chi connectivity index (χ0n) is 14.5. The van der Waals surface area contributed by atoms with Crippen molar-refractivity contribution in [3.63, 3.8) is 0 Å². The molecule has 2 N–H and O–H groups in total. The predicted molar refractivity (Wildman–Crippen MR) is 92.8 cm³/mol. The minimum atomic E-state index is -1.01. The fraction of sp³-hybridized carbons (Fsp3) is 0.421. The maximum Gasteiger partial charge on any atom is 0.320 e. The molecule has 0 radical (unpaired) electrons. The van der Waals surface area contributed by atoms with Crippen LogP contribution in [0.1, 0.15) is 55.1 Å². The van der Waals surface area contributed by atoms with E-state index in [1.54, 1.807) is 13.1 Å². The summed E-state index contributed by atoms with van der Waals surface area (Å²) in [4.78, 5) is 21.2. The van der Waals surface area contributed by atoms with Crippen LogP contribution in [-0.2, 0) is 5.54 Å². The van der Waals surface area contributed by atoms with Crippen LogP contribution < -0.4 is 10.6 Å². The molecule has 1 aromatic heterocycles. The maximum absolute atomic E-state index is 14.2. The lowest BCUT2D eigenvalue weighted by Gasteiger charge is -2.43. The number of nitrogens with zero attached hydrogens (tertiary/aromatic N) is 2. The summed E-state index contributed by atoms with van der Waals surface area (Å²) in [7, 11) is 0. The van der Waals surface area contributed by atoms with Crippen molar-refractivity contribution in [1.82, 2.24) is 15.3 Å². The van der Waals surface area contributed by atoms with E-state index in [0.717, 1.165) is 25.0 Å². The van der Waals surface area contributed by atoms with E-state index >= 15 is 0 Å². The molecule has 0 bridgehead atoms. The van der Waals surface area contributed by atoms with Gasteiger partial charge in [0.15, 0.2) is 0 Å². The number of carbonyl (C=O) groups excluding carboxylic acids is 1. The summed E-state index contributed by atoms with van der Waals surface area (Å²) in [5.74, 6) is -0.278. The van der Waals surface area contributed by atoms with Gasteiger partial charge in [-0.1, -0.05) is 6.07 Å². The highest BCUT2D eigenvalue weighted by atomic mass is 19.1. The lowest BCUT2D eigenvalue weighted by atomic mass is 9.71. The van der Waals surface area contributed by atoms with Crippen molar-refractivity contribution in [2.24, 2.45) is 0 Å². The molecule has 26 heavy (non-hydrogen) atoms. The molecular weight excluding hydrogens is 338 g/mol. The maximum atomic E-state index is 14.2. The number of rotatable bonds is 4. The summed E-state index contributed by atoms with van der Waals surface area (Å²) >= 11 is 0. The van der Waals surface area contributed by atoms with Gasteiger partial charge < -0.3 is 10.6 Å². The van der Waals surface area contributed by atoms with Gasteiger partial charge in [-0.3, -0.25) is 0 Å². The van der Waals surface area contributed by atoms with Crippen LogP contribution in [0.25, 0.3) is 0 Å². The zero-order valence-corrected chi connectivity index (χ0v) is 14.5. The predicted octanol–water partition coefficient (Wildman–Crippen LogP) is 4.14. The largest absolute Gasteiger partial charge is 0.328 e. The van der Waals surface area contributed by atoms with E-state index in [4.69, 9.17) is 0 Å². The fourth-order valence-corrected chi connectivity index (χ4v) is 3.55. The van der Waals surface area contributed by atoms with Crippen molar-refractivity contribution in [3.05, 3.63) is 53.1 Å². The van der Waals surface area contributed by atoms with Crippen LogP contribution in [0, 0.1) is 18.6 Å². The SMILES string of the molecule is Cc1ncc(NC(=O)NC2(c3c(F)cccc3F)CCC2)c(C2CC2)n1. The Kier molecular flexibility index (Phi) is 4.09. The van der Waals surface area contributed by atoms with Crippen molar-refractivity contribution in [2.45, 2.75) is 50.5 Å². The molecule has 2 saturated carbocycles. The number of amides is 2. The van der Waals surface area contributed by atoms with Gasteiger partial charge in [-0.05, 0) is 51.2 Å². The number of halogens is 2. The normalized spacial score (nSPS) is 18.1. The molecule has 1 heterocycles. The zero-order chi connectivity index (χ0) is 18.3. The molecule has 2 aliphatic carbocycles. The molecule has 5 nitrogen and oxygen atoms in total. The van der Waals surface area contributed by atoms with Crippen LogP contribution >= 0.6 is 0 Å². The van der Waals surface area contributed by atoms with Crippen molar-refractivity contribution in [1.29, 1.82) is 0 Å². The average molecular weight is 358 g/mol. The van der Waals surface area contributed by atoms with Crippen molar-refractivity contribution in [3.8, 4) is 0 Å². The molecule has 0 saturated heterocycles. The Bertz CT molecular complexity index is 842. The number of aryl methyl sites for hydroxylation is 1. The summed E-state index contributed by atoms with van der Waals surface area (Å²) in [5, 5.41) is 5.56. The Morgan fingerprint density at radius 3 is 2.50 bits per heavy atom. The summed E-state index contributed by atoms with van der Waals surface area (Å²) < 4.78 is 28.5. The van der Waals surface area contributed by atoms with E-state index in [-0.39, 0.29) is 5.56 Å². The van der Waals surface area contributed by atoms with Crippen LogP contribution in [0.15, 0.2) is 24.4 Å². The summed E-state index contributed by atoms with van der Waals surface area (Å²) in [6, 6.07) is 3.27. The van der Waals surface area contributed by atoms with Crippen LogP contribution in [0.3, 0.4) is 0 Å². The lowest BCUT2D eigenvalue weighted by molar-refractivity contribution is 0.175. The minimum Gasteiger partial charge on any atom is -0.328 e.